The molecule has 4 nitrogen and oxygen atoms in total. The van der Waals surface area contributed by atoms with E-state index in [1.165, 1.54) is 31.2 Å². The average molecular weight is 293 g/mol. The first-order valence-corrected chi connectivity index (χ1v) is 8.27. The molecule has 2 N–H and O–H groups in total. The number of aryl methyl sites for hydroxylation is 1. The second kappa shape index (κ2) is 6.49. The summed E-state index contributed by atoms with van der Waals surface area (Å²) in [6.07, 6.45) is 6.82. The van der Waals surface area contributed by atoms with Gasteiger partial charge in [-0.1, -0.05) is 12.8 Å². The number of rotatable bonds is 5. The third kappa shape index (κ3) is 4.07. The van der Waals surface area contributed by atoms with E-state index in [2.05, 4.69) is 51.2 Å². The Labute approximate surface area is 128 Å². The van der Waals surface area contributed by atoms with E-state index >= 15 is 0 Å². The van der Waals surface area contributed by atoms with Crippen LogP contribution >= 0.6 is 0 Å². The molecule has 2 atom stereocenters. The minimum Gasteiger partial charge on any atom is -0.392 e. The lowest BCUT2D eigenvalue weighted by Crippen LogP contribution is -2.33. The van der Waals surface area contributed by atoms with E-state index in [4.69, 9.17) is 0 Å². The van der Waals surface area contributed by atoms with E-state index in [1.54, 1.807) is 0 Å². The van der Waals surface area contributed by atoms with Gasteiger partial charge in [0.05, 0.1) is 17.3 Å². The fourth-order valence-electron chi connectivity index (χ4n) is 3.16. The summed E-state index contributed by atoms with van der Waals surface area (Å²) in [7, 11) is 0. The molecule has 4 heteroatoms. The van der Waals surface area contributed by atoms with E-state index in [-0.39, 0.29) is 17.7 Å². The smallest absolute Gasteiger partial charge is 0.0692 e. The van der Waals surface area contributed by atoms with Gasteiger partial charge < -0.3 is 10.4 Å². The summed E-state index contributed by atoms with van der Waals surface area (Å²) < 4.78 is 2.03. The van der Waals surface area contributed by atoms with Crippen molar-refractivity contribution in [2.75, 3.05) is 6.54 Å². The van der Waals surface area contributed by atoms with Gasteiger partial charge in [0, 0.05) is 24.3 Å². The van der Waals surface area contributed by atoms with Crippen LogP contribution in [0.3, 0.4) is 0 Å². The van der Waals surface area contributed by atoms with Crippen molar-refractivity contribution >= 4 is 0 Å². The van der Waals surface area contributed by atoms with Crippen molar-refractivity contribution in [2.45, 2.75) is 78.0 Å². The van der Waals surface area contributed by atoms with Crippen molar-refractivity contribution < 1.29 is 5.11 Å². The lowest BCUT2D eigenvalue weighted by atomic mass is 10.0. The maximum atomic E-state index is 10.3. The van der Waals surface area contributed by atoms with Gasteiger partial charge in [-0.25, -0.2) is 0 Å². The fraction of sp³-hybridized carbons (Fsp3) is 0.824. The SMILES string of the molecule is Cc1nn(C(C)(C)C)cc1C(C)NCC(O)C1CCCC1. The first-order valence-electron chi connectivity index (χ1n) is 8.27. The van der Waals surface area contributed by atoms with Gasteiger partial charge in [-0.2, -0.15) is 5.10 Å². The predicted molar refractivity (Wildman–Crippen MR) is 86.3 cm³/mol. The summed E-state index contributed by atoms with van der Waals surface area (Å²) in [6.45, 7) is 11.4. The molecule has 1 fully saturated rings. The topological polar surface area (TPSA) is 50.1 Å². The van der Waals surface area contributed by atoms with Gasteiger partial charge in [0.1, 0.15) is 0 Å². The van der Waals surface area contributed by atoms with Crippen LogP contribution in [0.1, 0.15) is 70.7 Å². The third-order valence-corrected chi connectivity index (χ3v) is 4.67. The summed E-state index contributed by atoms with van der Waals surface area (Å²) in [5, 5.41) is 18.4. The van der Waals surface area contributed by atoms with Crippen molar-refractivity contribution in [2.24, 2.45) is 5.92 Å². The molecule has 1 aliphatic carbocycles. The van der Waals surface area contributed by atoms with Crippen LogP contribution in [-0.4, -0.2) is 27.5 Å². The number of aliphatic hydroxyl groups is 1. The highest BCUT2D eigenvalue weighted by atomic mass is 16.3. The Morgan fingerprint density at radius 3 is 2.52 bits per heavy atom. The Balaban J connectivity index is 1.93. The van der Waals surface area contributed by atoms with Crippen LogP contribution in [0.15, 0.2) is 6.20 Å². The number of aliphatic hydroxyl groups excluding tert-OH is 1. The lowest BCUT2D eigenvalue weighted by Gasteiger charge is -2.21. The largest absolute Gasteiger partial charge is 0.392 e. The van der Waals surface area contributed by atoms with Crippen LogP contribution in [0.2, 0.25) is 0 Å². The zero-order valence-corrected chi connectivity index (χ0v) is 14.2. The highest BCUT2D eigenvalue weighted by molar-refractivity contribution is 5.20. The van der Waals surface area contributed by atoms with Crippen molar-refractivity contribution in [1.82, 2.24) is 15.1 Å². The summed E-state index contributed by atoms with van der Waals surface area (Å²) >= 11 is 0. The molecule has 0 amide bonds. The maximum Gasteiger partial charge on any atom is 0.0692 e. The number of hydrogen-bond donors (Lipinski definition) is 2. The fourth-order valence-corrected chi connectivity index (χ4v) is 3.16. The van der Waals surface area contributed by atoms with Crippen molar-refractivity contribution in [1.29, 1.82) is 0 Å². The molecule has 2 rings (SSSR count). The van der Waals surface area contributed by atoms with E-state index in [9.17, 15) is 5.11 Å². The Bertz CT molecular complexity index is 455. The summed E-state index contributed by atoms with van der Waals surface area (Å²) in [6, 6.07) is 0.220. The molecule has 1 aliphatic rings. The molecule has 0 aromatic carbocycles. The molecule has 1 heterocycles. The zero-order valence-electron chi connectivity index (χ0n) is 14.2. The van der Waals surface area contributed by atoms with Crippen LogP contribution in [0, 0.1) is 12.8 Å². The molecular formula is C17H31N3O. The quantitative estimate of drug-likeness (QED) is 0.877. The van der Waals surface area contributed by atoms with E-state index in [0.29, 0.717) is 12.5 Å². The molecule has 0 radical (unpaired) electrons. The minimum absolute atomic E-state index is 0.00604. The third-order valence-electron chi connectivity index (χ3n) is 4.67. The van der Waals surface area contributed by atoms with E-state index in [1.807, 2.05) is 4.68 Å². The molecule has 0 spiro atoms. The van der Waals surface area contributed by atoms with Crippen molar-refractivity contribution in [3.05, 3.63) is 17.5 Å². The zero-order chi connectivity index (χ0) is 15.6. The van der Waals surface area contributed by atoms with E-state index in [0.717, 1.165) is 5.69 Å². The van der Waals surface area contributed by atoms with Crippen LogP contribution in [-0.2, 0) is 5.54 Å². The van der Waals surface area contributed by atoms with Gasteiger partial charge in [0.25, 0.3) is 0 Å². The van der Waals surface area contributed by atoms with Crippen molar-refractivity contribution in [3.8, 4) is 0 Å². The molecule has 0 saturated heterocycles. The number of nitrogens with zero attached hydrogens (tertiary/aromatic N) is 2. The Kier molecular flexibility index (Phi) is 5.10. The molecule has 1 saturated carbocycles. The number of nitrogens with one attached hydrogen (secondary N) is 1. The molecule has 1 aromatic heterocycles. The van der Waals surface area contributed by atoms with Crippen LogP contribution in [0.4, 0.5) is 0 Å². The molecule has 1 aromatic rings. The highest BCUT2D eigenvalue weighted by Crippen LogP contribution is 2.28. The normalized spacial score (nSPS) is 19.9. The Morgan fingerprint density at radius 2 is 2.00 bits per heavy atom. The number of hydrogen-bond acceptors (Lipinski definition) is 3. The van der Waals surface area contributed by atoms with Gasteiger partial charge in [-0.15, -0.1) is 0 Å². The highest BCUT2D eigenvalue weighted by Gasteiger charge is 2.24. The monoisotopic (exact) mass is 293 g/mol. The summed E-state index contributed by atoms with van der Waals surface area (Å²) in [4.78, 5) is 0. The van der Waals surface area contributed by atoms with Crippen molar-refractivity contribution in [3.63, 3.8) is 0 Å². The minimum atomic E-state index is -0.215. The average Bonchev–Trinajstić information content (AvgIpc) is 3.03. The van der Waals surface area contributed by atoms with Gasteiger partial charge in [0.15, 0.2) is 0 Å². The second-order valence-electron chi connectivity index (χ2n) is 7.53. The molecular weight excluding hydrogens is 262 g/mol. The first-order chi connectivity index (χ1) is 9.79. The van der Waals surface area contributed by atoms with Gasteiger partial charge >= 0.3 is 0 Å². The lowest BCUT2D eigenvalue weighted by molar-refractivity contribution is 0.106. The van der Waals surface area contributed by atoms with Gasteiger partial charge in [0.2, 0.25) is 0 Å². The van der Waals surface area contributed by atoms with Gasteiger partial charge in [-0.3, -0.25) is 4.68 Å². The van der Waals surface area contributed by atoms with Crippen LogP contribution in [0.5, 0.6) is 0 Å². The second-order valence-corrected chi connectivity index (χ2v) is 7.53. The Hall–Kier alpha value is -0.870. The van der Waals surface area contributed by atoms with Crippen LogP contribution in [0.25, 0.3) is 0 Å². The molecule has 2 unspecified atom stereocenters. The molecule has 120 valence electrons. The number of aromatic nitrogens is 2. The molecule has 0 bridgehead atoms. The van der Waals surface area contributed by atoms with E-state index < -0.39 is 0 Å². The first kappa shape index (κ1) is 16.5. The summed E-state index contributed by atoms with van der Waals surface area (Å²) in [5.74, 6) is 0.489. The van der Waals surface area contributed by atoms with Gasteiger partial charge in [-0.05, 0) is 53.4 Å². The van der Waals surface area contributed by atoms with Crippen LogP contribution < -0.4 is 5.32 Å². The Morgan fingerprint density at radius 1 is 1.38 bits per heavy atom. The standard InChI is InChI=1S/C17H31N3O/c1-12(18-10-16(21)14-8-6-7-9-14)15-11-20(17(3,4)5)19-13(15)2/h11-12,14,16,18,21H,6-10H2,1-5H3. The molecule has 0 aliphatic heterocycles. The molecule has 21 heavy (non-hydrogen) atoms. The predicted octanol–water partition coefficient (Wildman–Crippen LogP) is 3.15. The summed E-state index contributed by atoms with van der Waals surface area (Å²) in [5.41, 5.74) is 2.30. The maximum absolute atomic E-state index is 10.3.